The normalized spacial score (nSPS) is 12.8. The SMILES string of the molecule is CCC(C)N(C)c1ncc(CNC(C)C)c(C)n1. The van der Waals surface area contributed by atoms with E-state index in [0.29, 0.717) is 12.1 Å². The van der Waals surface area contributed by atoms with Crippen LogP contribution in [-0.2, 0) is 6.54 Å². The number of aryl methyl sites for hydroxylation is 1. The molecule has 18 heavy (non-hydrogen) atoms. The van der Waals surface area contributed by atoms with Crippen LogP contribution in [0.5, 0.6) is 0 Å². The fraction of sp³-hybridized carbons (Fsp3) is 0.714. The smallest absolute Gasteiger partial charge is 0.225 e. The van der Waals surface area contributed by atoms with E-state index in [0.717, 1.165) is 24.6 Å². The Hall–Kier alpha value is -1.16. The summed E-state index contributed by atoms with van der Waals surface area (Å²) in [6, 6.07) is 0.941. The lowest BCUT2D eigenvalue weighted by Crippen LogP contribution is -2.30. The lowest BCUT2D eigenvalue weighted by atomic mass is 10.2. The van der Waals surface area contributed by atoms with Crippen molar-refractivity contribution in [3.8, 4) is 0 Å². The van der Waals surface area contributed by atoms with Crippen LogP contribution in [0.3, 0.4) is 0 Å². The average molecular weight is 250 g/mol. The molecule has 1 unspecified atom stereocenters. The summed E-state index contributed by atoms with van der Waals surface area (Å²) in [5.41, 5.74) is 2.23. The minimum atomic E-state index is 0.462. The monoisotopic (exact) mass is 250 g/mol. The molecule has 4 nitrogen and oxygen atoms in total. The van der Waals surface area contributed by atoms with Crippen molar-refractivity contribution < 1.29 is 0 Å². The quantitative estimate of drug-likeness (QED) is 0.842. The molecular weight excluding hydrogens is 224 g/mol. The Morgan fingerprint density at radius 3 is 2.50 bits per heavy atom. The van der Waals surface area contributed by atoms with Crippen molar-refractivity contribution in [1.82, 2.24) is 15.3 Å². The maximum absolute atomic E-state index is 4.59. The van der Waals surface area contributed by atoms with E-state index in [1.54, 1.807) is 0 Å². The van der Waals surface area contributed by atoms with Crippen LogP contribution in [0.2, 0.25) is 0 Å². The predicted molar refractivity (Wildman–Crippen MR) is 76.9 cm³/mol. The second kappa shape index (κ2) is 6.69. The fourth-order valence-corrected chi connectivity index (χ4v) is 1.61. The van der Waals surface area contributed by atoms with Gasteiger partial charge >= 0.3 is 0 Å². The standard InChI is InChI=1S/C14H26N4/c1-7-11(4)18(6)14-16-9-13(12(5)17-14)8-15-10(2)3/h9-11,15H,7-8H2,1-6H3. The molecule has 1 N–H and O–H groups in total. The van der Waals surface area contributed by atoms with Gasteiger partial charge in [0.2, 0.25) is 5.95 Å². The highest BCUT2D eigenvalue weighted by atomic mass is 15.2. The van der Waals surface area contributed by atoms with Gasteiger partial charge in [-0.3, -0.25) is 0 Å². The average Bonchev–Trinajstić information content (AvgIpc) is 2.35. The molecule has 0 aliphatic carbocycles. The Morgan fingerprint density at radius 1 is 1.33 bits per heavy atom. The Kier molecular flexibility index (Phi) is 5.54. The zero-order valence-electron chi connectivity index (χ0n) is 12.5. The lowest BCUT2D eigenvalue weighted by Gasteiger charge is -2.24. The van der Waals surface area contributed by atoms with Crippen LogP contribution in [-0.4, -0.2) is 29.1 Å². The molecular formula is C14H26N4. The van der Waals surface area contributed by atoms with E-state index < -0.39 is 0 Å². The van der Waals surface area contributed by atoms with Gasteiger partial charge in [0.1, 0.15) is 0 Å². The van der Waals surface area contributed by atoms with Crippen LogP contribution in [0, 0.1) is 6.92 Å². The number of hydrogen-bond acceptors (Lipinski definition) is 4. The number of aromatic nitrogens is 2. The molecule has 0 aromatic carbocycles. The third kappa shape index (κ3) is 3.95. The molecule has 0 fully saturated rings. The maximum atomic E-state index is 4.59. The highest BCUT2D eigenvalue weighted by molar-refractivity contribution is 5.32. The minimum Gasteiger partial charge on any atom is -0.341 e. The predicted octanol–water partition coefficient (Wildman–Crippen LogP) is 2.52. The second-order valence-electron chi connectivity index (χ2n) is 5.18. The molecule has 1 rings (SSSR count). The Labute approximate surface area is 111 Å². The van der Waals surface area contributed by atoms with E-state index >= 15 is 0 Å². The van der Waals surface area contributed by atoms with Crippen LogP contribution in [0.15, 0.2) is 6.20 Å². The van der Waals surface area contributed by atoms with Gasteiger partial charge in [-0.2, -0.15) is 0 Å². The highest BCUT2D eigenvalue weighted by Crippen LogP contribution is 2.13. The maximum Gasteiger partial charge on any atom is 0.225 e. The molecule has 0 saturated heterocycles. The van der Waals surface area contributed by atoms with E-state index in [1.807, 2.05) is 13.1 Å². The molecule has 0 aliphatic heterocycles. The first-order chi connectivity index (χ1) is 8.45. The minimum absolute atomic E-state index is 0.462. The summed E-state index contributed by atoms with van der Waals surface area (Å²) in [4.78, 5) is 11.2. The van der Waals surface area contributed by atoms with Crippen LogP contribution in [0.4, 0.5) is 5.95 Å². The van der Waals surface area contributed by atoms with Gasteiger partial charge in [-0.05, 0) is 20.3 Å². The molecule has 0 spiro atoms. The topological polar surface area (TPSA) is 41.1 Å². The molecule has 0 saturated carbocycles. The summed E-state index contributed by atoms with van der Waals surface area (Å²) >= 11 is 0. The van der Waals surface area contributed by atoms with Gasteiger partial charge in [0.15, 0.2) is 0 Å². The third-order valence-electron chi connectivity index (χ3n) is 3.34. The van der Waals surface area contributed by atoms with Crippen LogP contribution in [0.1, 0.15) is 45.4 Å². The number of hydrogen-bond donors (Lipinski definition) is 1. The van der Waals surface area contributed by atoms with Crippen molar-refractivity contribution >= 4 is 5.95 Å². The first-order valence-corrected chi connectivity index (χ1v) is 6.74. The zero-order chi connectivity index (χ0) is 13.7. The number of anilines is 1. The lowest BCUT2D eigenvalue weighted by molar-refractivity contribution is 0.583. The van der Waals surface area contributed by atoms with Gasteiger partial charge < -0.3 is 10.2 Å². The largest absolute Gasteiger partial charge is 0.341 e. The van der Waals surface area contributed by atoms with Crippen molar-refractivity contribution in [2.45, 2.75) is 59.7 Å². The molecule has 0 bridgehead atoms. The first kappa shape index (κ1) is 14.9. The van der Waals surface area contributed by atoms with Crippen molar-refractivity contribution in [2.75, 3.05) is 11.9 Å². The van der Waals surface area contributed by atoms with Gasteiger partial charge in [0.05, 0.1) is 0 Å². The van der Waals surface area contributed by atoms with Crippen LogP contribution < -0.4 is 10.2 Å². The summed E-state index contributed by atoms with van der Waals surface area (Å²) in [7, 11) is 2.05. The molecule has 1 aromatic heterocycles. The Bertz CT molecular complexity index is 376. The molecule has 0 aliphatic rings. The number of nitrogens with zero attached hydrogens (tertiary/aromatic N) is 3. The fourth-order valence-electron chi connectivity index (χ4n) is 1.61. The molecule has 1 heterocycles. The molecule has 1 atom stereocenters. The van der Waals surface area contributed by atoms with Crippen LogP contribution >= 0.6 is 0 Å². The van der Waals surface area contributed by atoms with Gasteiger partial charge in [-0.1, -0.05) is 20.8 Å². The van der Waals surface area contributed by atoms with E-state index in [9.17, 15) is 0 Å². The van der Waals surface area contributed by atoms with E-state index in [1.165, 1.54) is 5.56 Å². The van der Waals surface area contributed by atoms with E-state index in [4.69, 9.17) is 0 Å². The summed E-state index contributed by atoms with van der Waals surface area (Å²) in [5, 5.41) is 3.39. The van der Waals surface area contributed by atoms with Crippen molar-refractivity contribution in [3.05, 3.63) is 17.5 Å². The van der Waals surface area contributed by atoms with Gasteiger partial charge in [-0.25, -0.2) is 9.97 Å². The molecule has 4 heteroatoms. The summed E-state index contributed by atoms with van der Waals surface area (Å²) in [5.74, 6) is 0.815. The van der Waals surface area contributed by atoms with E-state index in [-0.39, 0.29) is 0 Å². The summed E-state index contributed by atoms with van der Waals surface area (Å²) in [6.45, 7) is 11.5. The van der Waals surface area contributed by atoms with Gasteiger partial charge in [0, 0.05) is 43.1 Å². The first-order valence-electron chi connectivity index (χ1n) is 6.74. The third-order valence-corrected chi connectivity index (χ3v) is 3.34. The zero-order valence-corrected chi connectivity index (χ0v) is 12.5. The number of rotatable bonds is 6. The van der Waals surface area contributed by atoms with Crippen molar-refractivity contribution in [3.63, 3.8) is 0 Å². The second-order valence-corrected chi connectivity index (χ2v) is 5.18. The van der Waals surface area contributed by atoms with Crippen LogP contribution in [0.25, 0.3) is 0 Å². The molecule has 102 valence electrons. The Morgan fingerprint density at radius 2 is 2.00 bits per heavy atom. The number of nitrogens with one attached hydrogen (secondary N) is 1. The van der Waals surface area contributed by atoms with Gasteiger partial charge in [0.25, 0.3) is 0 Å². The van der Waals surface area contributed by atoms with Crippen molar-refractivity contribution in [2.24, 2.45) is 0 Å². The van der Waals surface area contributed by atoms with E-state index in [2.05, 4.69) is 54.9 Å². The highest BCUT2D eigenvalue weighted by Gasteiger charge is 2.12. The summed E-state index contributed by atoms with van der Waals surface area (Å²) < 4.78 is 0. The van der Waals surface area contributed by atoms with Crippen molar-refractivity contribution in [1.29, 1.82) is 0 Å². The molecule has 1 aromatic rings. The Balaban J connectivity index is 2.78. The molecule has 0 amide bonds. The molecule has 0 radical (unpaired) electrons. The van der Waals surface area contributed by atoms with Gasteiger partial charge in [-0.15, -0.1) is 0 Å². The summed E-state index contributed by atoms with van der Waals surface area (Å²) in [6.07, 6.45) is 3.03.